The van der Waals surface area contributed by atoms with Gasteiger partial charge in [0.25, 0.3) is 11.9 Å². The van der Waals surface area contributed by atoms with E-state index in [-0.39, 0.29) is 11.9 Å². The van der Waals surface area contributed by atoms with Crippen molar-refractivity contribution >= 4 is 40.8 Å². The summed E-state index contributed by atoms with van der Waals surface area (Å²) < 4.78 is 0.475. The van der Waals surface area contributed by atoms with Crippen LogP contribution < -0.4 is 15.9 Å². The van der Waals surface area contributed by atoms with Crippen LogP contribution in [0.15, 0.2) is 42.5 Å². The lowest BCUT2D eigenvalue weighted by Crippen LogP contribution is -2.20. The van der Waals surface area contributed by atoms with Crippen LogP contribution in [-0.4, -0.2) is 54.1 Å². The van der Waals surface area contributed by atoms with Gasteiger partial charge in [-0.3, -0.25) is 20.6 Å². The molecule has 0 amide bonds. The Balaban J connectivity index is 0.000000173. The molecule has 0 unspecified atom stereocenters. The van der Waals surface area contributed by atoms with Crippen molar-refractivity contribution in [2.45, 2.75) is 6.92 Å². The van der Waals surface area contributed by atoms with Gasteiger partial charge >= 0.3 is 0 Å². The predicted molar refractivity (Wildman–Crippen MR) is 116 cm³/mol. The zero-order valence-corrected chi connectivity index (χ0v) is 17.1. The SMILES string of the molecule is CCN(C)c1nc(NO)nc(NO)n1.S=c1nc(-c2cccc3ccccc23)[nH][nH]1. The third-order valence-corrected chi connectivity index (χ3v) is 4.38. The van der Waals surface area contributed by atoms with E-state index in [2.05, 4.69) is 48.3 Å². The van der Waals surface area contributed by atoms with E-state index in [1.807, 2.05) is 31.2 Å². The number of nitrogens with zero attached hydrogens (tertiary/aromatic N) is 5. The van der Waals surface area contributed by atoms with Crippen LogP contribution in [0.25, 0.3) is 22.2 Å². The number of benzene rings is 2. The molecule has 2 aromatic heterocycles. The fourth-order valence-corrected chi connectivity index (χ4v) is 2.75. The van der Waals surface area contributed by atoms with Gasteiger partial charge in [-0.25, -0.2) is 11.0 Å². The quantitative estimate of drug-likeness (QED) is 0.207. The van der Waals surface area contributed by atoms with E-state index in [9.17, 15) is 0 Å². The van der Waals surface area contributed by atoms with Crippen LogP contribution >= 0.6 is 12.2 Å². The molecule has 0 fully saturated rings. The van der Waals surface area contributed by atoms with Crippen molar-refractivity contribution in [3.05, 3.63) is 47.2 Å². The van der Waals surface area contributed by atoms with Crippen molar-refractivity contribution in [1.82, 2.24) is 30.1 Å². The Morgan fingerprint density at radius 2 is 1.60 bits per heavy atom. The molecule has 2 aromatic carbocycles. The highest BCUT2D eigenvalue weighted by Crippen LogP contribution is 2.25. The fraction of sp³-hybridized carbons (Fsp3) is 0.167. The van der Waals surface area contributed by atoms with Crippen LogP contribution in [0.3, 0.4) is 0 Å². The van der Waals surface area contributed by atoms with Gasteiger partial charge in [0.05, 0.1) is 0 Å². The Kier molecular flexibility index (Phi) is 6.85. The Morgan fingerprint density at radius 1 is 0.933 bits per heavy atom. The summed E-state index contributed by atoms with van der Waals surface area (Å²) in [6.45, 7) is 2.61. The number of H-pyrrole nitrogens is 2. The summed E-state index contributed by atoms with van der Waals surface area (Å²) in [5.74, 6) is 1.05. The minimum atomic E-state index is -0.0353. The molecule has 0 bridgehead atoms. The third kappa shape index (κ3) is 4.86. The number of rotatable bonds is 5. The van der Waals surface area contributed by atoms with Gasteiger partial charge in [0, 0.05) is 19.2 Å². The average Bonchev–Trinajstić information content (AvgIpc) is 3.24. The monoisotopic (exact) mass is 427 g/mol. The highest BCUT2D eigenvalue weighted by atomic mass is 32.1. The number of aromatic amines is 2. The molecule has 0 spiro atoms. The van der Waals surface area contributed by atoms with E-state index < -0.39 is 0 Å². The van der Waals surface area contributed by atoms with Crippen molar-refractivity contribution in [3.8, 4) is 11.4 Å². The van der Waals surface area contributed by atoms with Crippen molar-refractivity contribution in [2.75, 3.05) is 29.5 Å². The number of hydrogen-bond donors (Lipinski definition) is 6. The molecule has 156 valence electrons. The molecular weight excluding hydrogens is 406 g/mol. The standard InChI is InChI=1S/C12H9N3S.C6H12N6O2/c16-12-13-11(14-15-12)10-7-3-5-8-4-1-2-6-9(8)10;1-3-12(2)6-8-4(10-13)7-5(9-6)11-14/h1-7H,(H2,13,14,15,16);13-14H,3H2,1-2H3,(H2,7,8,9,10,11). The van der Waals surface area contributed by atoms with Crippen LogP contribution in [0.5, 0.6) is 0 Å². The summed E-state index contributed by atoms with van der Waals surface area (Å²) in [6, 6.07) is 14.3. The first-order valence-corrected chi connectivity index (χ1v) is 9.36. The lowest BCUT2D eigenvalue weighted by molar-refractivity contribution is 0.374. The second-order valence-electron chi connectivity index (χ2n) is 6.06. The Hall–Kier alpha value is -3.61. The third-order valence-electron chi connectivity index (χ3n) is 4.19. The summed E-state index contributed by atoms with van der Waals surface area (Å²) in [7, 11) is 1.78. The molecule has 4 rings (SSSR count). The smallest absolute Gasteiger partial charge is 0.253 e. The summed E-state index contributed by atoms with van der Waals surface area (Å²) >= 11 is 4.96. The summed E-state index contributed by atoms with van der Waals surface area (Å²) in [6.07, 6.45) is 0. The van der Waals surface area contributed by atoms with Gasteiger partial charge in [0.1, 0.15) is 0 Å². The molecule has 0 atom stereocenters. The molecule has 2 heterocycles. The Labute approximate surface area is 176 Å². The Bertz CT molecular complexity index is 1150. The van der Waals surface area contributed by atoms with E-state index in [0.717, 1.165) is 11.4 Å². The highest BCUT2D eigenvalue weighted by Gasteiger charge is 2.08. The molecular formula is C18H21N9O2S. The van der Waals surface area contributed by atoms with Gasteiger partial charge in [0.2, 0.25) is 10.7 Å². The molecule has 0 aliphatic rings. The first kappa shape index (κ1) is 21.1. The number of nitrogens with one attached hydrogen (secondary N) is 4. The van der Waals surface area contributed by atoms with Gasteiger partial charge in [-0.2, -0.15) is 19.9 Å². The number of aromatic nitrogens is 6. The van der Waals surface area contributed by atoms with E-state index >= 15 is 0 Å². The minimum Gasteiger partial charge on any atom is -0.344 e. The van der Waals surface area contributed by atoms with Crippen molar-refractivity contribution in [3.63, 3.8) is 0 Å². The number of fused-ring (bicyclic) bond motifs is 1. The minimum absolute atomic E-state index is 0.0353. The molecule has 0 aliphatic carbocycles. The van der Waals surface area contributed by atoms with E-state index in [4.69, 9.17) is 22.6 Å². The zero-order chi connectivity index (χ0) is 21.5. The van der Waals surface area contributed by atoms with Crippen molar-refractivity contribution in [1.29, 1.82) is 0 Å². The first-order valence-electron chi connectivity index (χ1n) is 8.96. The number of anilines is 3. The Morgan fingerprint density at radius 3 is 2.20 bits per heavy atom. The van der Waals surface area contributed by atoms with E-state index in [1.165, 1.54) is 10.8 Å². The molecule has 0 saturated heterocycles. The molecule has 0 aliphatic heterocycles. The lowest BCUT2D eigenvalue weighted by atomic mass is 10.0. The summed E-state index contributed by atoms with van der Waals surface area (Å²) in [5.41, 5.74) is 4.62. The molecule has 4 aromatic rings. The molecule has 0 radical (unpaired) electrons. The molecule has 30 heavy (non-hydrogen) atoms. The zero-order valence-electron chi connectivity index (χ0n) is 16.3. The van der Waals surface area contributed by atoms with Gasteiger partial charge in [0.15, 0.2) is 5.82 Å². The first-order chi connectivity index (χ1) is 14.5. The largest absolute Gasteiger partial charge is 0.344 e. The number of hydrogen-bond acceptors (Lipinski definition) is 10. The molecule has 6 N–H and O–H groups in total. The van der Waals surface area contributed by atoms with Crippen LogP contribution in [0.1, 0.15) is 6.92 Å². The summed E-state index contributed by atoms with van der Waals surface area (Å²) in [4.78, 5) is 17.3. The van der Waals surface area contributed by atoms with Gasteiger partial charge in [-0.15, -0.1) is 0 Å². The fourth-order valence-electron chi connectivity index (χ4n) is 2.61. The molecule has 12 heteroatoms. The normalized spacial score (nSPS) is 10.3. The lowest BCUT2D eigenvalue weighted by Gasteiger charge is -2.14. The van der Waals surface area contributed by atoms with E-state index in [0.29, 0.717) is 17.3 Å². The van der Waals surface area contributed by atoms with Crippen molar-refractivity contribution < 1.29 is 10.4 Å². The molecule has 0 saturated carbocycles. The predicted octanol–water partition coefficient (Wildman–Crippen LogP) is 3.22. The van der Waals surface area contributed by atoms with Crippen molar-refractivity contribution in [2.24, 2.45) is 0 Å². The maximum atomic E-state index is 8.61. The van der Waals surface area contributed by atoms with Crippen LogP contribution in [0.4, 0.5) is 17.8 Å². The van der Waals surface area contributed by atoms with Crippen LogP contribution in [0, 0.1) is 4.77 Å². The average molecular weight is 427 g/mol. The molecule has 11 nitrogen and oxygen atoms in total. The highest BCUT2D eigenvalue weighted by molar-refractivity contribution is 7.71. The maximum absolute atomic E-state index is 8.61. The second-order valence-corrected chi connectivity index (χ2v) is 6.45. The maximum Gasteiger partial charge on any atom is 0.253 e. The topological polar surface area (TPSA) is 151 Å². The summed E-state index contributed by atoms with van der Waals surface area (Å²) in [5, 5.41) is 25.4. The van der Waals surface area contributed by atoms with Crippen LogP contribution in [0.2, 0.25) is 0 Å². The van der Waals surface area contributed by atoms with Gasteiger partial charge < -0.3 is 4.90 Å². The van der Waals surface area contributed by atoms with Gasteiger partial charge in [-0.05, 0) is 29.9 Å². The van der Waals surface area contributed by atoms with Crippen LogP contribution in [-0.2, 0) is 0 Å². The van der Waals surface area contributed by atoms with Gasteiger partial charge in [-0.1, -0.05) is 42.5 Å². The van der Waals surface area contributed by atoms with E-state index in [1.54, 1.807) is 22.9 Å². The second kappa shape index (κ2) is 9.73.